The lowest BCUT2D eigenvalue weighted by Crippen LogP contribution is -2.58. The zero-order chi connectivity index (χ0) is 24.6. The van der Waals surface area contributed by atoms with Crippen molar-refractivity contribution in [1.82, 2.24) is 10.2 Å². The first-order valence-electron chi connectivity index (χ1n) is 11.9. The number of rotatable bonds is 5. The summed E-state index contributed by atoms with van der Waals surface area (Å²) in [5, 5.41) is 2.98. The van der Waals surface area contributed by atoms with E-state index in [1.54, 1.807) is 31.2 Å². The van der Waals surface area contributed by atoms with Crippen LogP contribution in [0.4, 0.5) is 11.4 Å². The minimum atomic E-state index is -0.647. The van der Waals surface area contributed by atoms with Crippen LogP contribution in [0.2, 0.25) is 0 Å². The summed E-state index contributed by atoms with van der Waals surface area (Å²) in [6.45, 7) is 3.54. The zero-order valence-corrected chi connectivity index (χ0v) is 19.6. The van der Waals surface area contributed by atoms with Crippen LogP contribution in [0.5, 0.6) is 0 Å². The van der Waals surface area contributed by atoms with Gasteiger partial charge in [-0.3, -0.25) is 19.3 Å². The van der Waals surface area contributed by atoms with Crippen LogP contribution >= 0.6 is 0 Å². The summed E-state index contributed by atoms with van der Waals surface area (Å²) < 4.78 is 4.99. The molecule has 3 amide bonds. The van der Waals surface area contributed by atoms with E-state index in [9.17, 15) is 19.2 Å². The van der Waals surface area contributed by atoms with Gasteiger partial charge in [-0.2, -0.15) is 0 Å². The summed E-state index contributed by atoms with van der Waals surface area (Å²) in [4.78, 5) is 56.2. The van der Waals surface area contributed by atoms with E-state index >= 15 is 0 Å². The van der Waals surface area contributed by atoms with E-state index < -0.39 is 17.6 Å². The third-order valence-corrected chi connectivity index (χ3v) is 7.23. The predicted molar refractivity (Wildman–Crippen MR) is 129 cm³/mol. The molecule has 2 aromatic carbocycles. The Morgan fingerprint density at radius 2 is 1.69 bits per heavy atom. The van der Waals surface area contributed by atoms with Gasteiger partial charge in [0.2, 0.25) is 11.8 Å². The lowest BCUT2D eigenvalue weighted by atomic mass is 9.85. The Morgan fingerprint density at radius 3 is 2.34 bits per heavy atom. The largest absolute Gasteiger partial charge is 0.462 e. The minimum absolute atomic E-state index is 0.0122. The van der Waals surface area contributed by atoms with Crippen LogP contribution in [-0.4, -0.2) is 66.5 Å². The van der Waals surface area contributed by atoms with Crippen molar-refractivity contribution in [2.75, 3.05) is 36.2 Å². The van der Waals surface area contributed by atoms with Crippen LogP contribution in [0.25, 0.3) is 0 Å². The number of hydrogen-bond acceptors (Lipinski definition) is 7. The van der Waals surface area contributed by atoms with Gasteiger partial charge in [0.15, 0.2) is 0 Å². The second-order valence-corrected chi connectivity index (χ2v) is 9.05. The van der Waals surface area contributed by atoms with Gasteiger partial charge in [0, 0.05) is 18.8 Å². The molecule has 0 saturated carbocycles. The van der Waals surface area contributed by atoms with Crippen LogP contribution in [0.1, 0.15) is 36.5 Å². The highest BCUT2D eigenvalue weighted by Crippen LogP contribution is 2.38. The molecule has 3 saturated heterocycles. The monoisotopic (exact) mass is 476 g/mol. The molecule has 1 N–H and O–H groups in total. The standard InChI is InChI=1S/C26H28N4O5/c1-2-35-24(33)18-8-10-20(11-9-18)30-22(31)16-21(23(30)32)28-14-12-26(13-15-28)25(34)27-17-29(26)19-6-4-3-5-7-19/h3-11,21H,2,12-17H2,1H3,(H,27,34)/t21-/m0/s1. The molecule has 3 aliphatic heterocycles. The Bertz CT molecular complexity index is 1140. The molecule has 1 atom stereocenters. The Kier molecular flexibility index (Phi) is 6.02. The van der Waals surface area contributed by atoms with Gasteiger partial charge in [-0.05, 0) is 56.2 Å². The molecule has 0 bridgehead atoms. The number of likely N-dealkylation sites (tertiary alicyclic amines) is 1. The van der Waals surface area contributed by atoms with Crippen molar-refractivity contribution < 1.29 is 23.9 Å². The number of hydrogen-bond donors (Lipinski definition) is 1. The van der Waals surface area contributed by atoms with E-state index in [1.807, 2.05) is 35.2 Å². The topological polar surface area (TPSA) is 99.3 Å². The number of imide groups is 1. The van der Waals surface area contributed by atoms with Crippen LogP contribution in [-0.2, 0) is 19.1 Å². The number of benzene rings is 2. The highest BCUT2D eigenvalue weighted by atomic mass is 16.5. The highest BCUT2D eigenvalue weighted by molar-refractivity contribution is 6.22. The fourth-order valence-corrected chi connectivity index (χ4v) is 5.37. The molecule has 3 heterocycles. The van der Waals surface area contributed by atoms with Gasteiger partial charge < -0.3 is 15.0 Å². The number of esters is 1. The molecule has 0 aliphatic carbocycles. The van der Waals surface area contributed by atoms with Crippen molar-refractivity contribution in [3.8, 4) is 0 Å². The summed E-state index contributed by atoms with van der Waals surface area (Å²) in [5.41, 5.74) is 1.15. The van der Waals surface area contributed by atoms with Crippen LogP contribution in [0, 0.1) is 0 Å². The number of carbonyl (C=O) groups is 4. The molecule has 3 fully saturated rings. The molecule has 5 rings (SSSR count). The van der Waals surface area contributed by atoms with E-state index in [2.05, 4.69) is 10.2 Å². The van der Waals surface area contributed by atoms with Crippen molar-refractivity contribution >= 4 is 35.1 Å². The van der Waals surface area contributed by atoms with Crippen LogP contribution in [0.3, 0.4) is 0 Å². The van der Waals surface area contributed by atoms with Crippen molar-refractivity contribution in [2.24, 2.45) is 0 Å². The number of amides is 3. The van der Waals surface area contributed by atoms with E-state index in [4.69, 9.17) is 4.74 Å². The first-order valence-corrected chi connectivity index (χ1v) is 11.9. The van der Waals surface area contributed by atoms with E-state index in [0.29, 0.717) is 43.9 Å². The molecule has 9 nitrogen and oxygen atoms in total. The van der Waals surface area contributed by atoms with Crippen LogP contribution in [0.15, 0.2) is 54.6 Å². The molecular weight excluding hydrogens is 448 g/mol. The molecule has 3 aliphatic rings. The highest BCUT2D eigenvalue weighted by Gasteiger charge is 2.52. The average molecular weight is 477 g/mol. The summed E-state index contributed by atoms with van der Waals surface area (Å²) in [6, 6.07) is 15.6. The third kappa shape index (κ3) is 3.95. The minimum Gasteiger partial charge on any atom is -0.462 e. The third-order valence-electron chi connectivity index (χ3n) is 7.23. The Hall–Kier alpha value is -3.72. The lowest BCUT2D eigenvalue weighted by molar-refractivity contribution is -0.126. The van der Waals surface area contributed by atoms with E-state index in [-0.39, 0.29) is 30.7 Å². The van der Waals surface area contributed by atoms with Gasteiger partial charge in [-0.25, -0.2) is 9.69 Å². The molecule has 0 radical (unpaired) electrons. The molecule has 1 spiro atoms. The van der Waals surface area contributed by atoms with Crippen LogP contribution < -0.4 is 15.1 Å². The van der Waals surface area contributed by atoms with E-state index in [1.165, 1.54) is 4.90 Å². The first kappa shape index (κ1) is 23.0. The van der Waals surface area contributed by atoms with Crippen molar-refractivity contribution in [3.63, 3.8) is 0 Å². The second kappa shape index (κ2) is 9.14. The summed E-state index contributed by atoms with van der Waals surface area (Å²) in [6.07, 6.45) is 1.24. The predicted octanol–water partition coefficient (Wildman–Crippen LogP) is 1.92. The Balaban J connectivity index is 1.28. The van der Waals surface area contributed by atoms with Gasteiger partial charge in [-0.1, -0.05) is 18.2 Å². The maximum absolute atomic E-state index is 13.3. The number of piperidine rings is 1. The maximum atomic E-state index is 13.3. The average Bonchev–Trinajstić information content (AvgIpc) is 3.35. The first-order chi connectivity index (χ1) is 16.9. The quantitative estimate of drug-likeness (QED) is 0.520. The molecule has 35 heavy (non-hydrogen) atoms. The van der Waals surface area contributed by atoms with E-state index in [0.717, 1.165) is 5.69 Å². The normalized spacial score (nSPS) is 22.1. The second-order valence-electron chi connectivity index (χ2n) is 9.05. The zero-order valence-electron chi connectivity index (χ0n) is 19.6. The number of ether oxygens (including phenoxy) is 1. The fourth-order valence-electron chi connectivity index (χ4n) is 5.37. The number of nitrogens with zero attached hydrogens (tertiary/aromatic N) is 3. The smallest absolute Gasteiger partial charge is 0.338 e. The molecule has 0 unspecified atom stereocenters. The summed E-state index contributed by atoms with van der Waals surface area (Å²) in [7, 11) is 0. The van der Waals surface area contributed by atoms with Gasteiger partial charge in [0.25, 0.3) is 5.91 Å². The summed E-state index contributed by atoms with van der Waals surface area (Å²) >= 11 is 0. The van der Waals surface area contributed by atoms with Crippen molar-refractivity contribution in [2.45, 2.75) is 37.8 Å². The number of para-hydroxylation sites is 1. The molecule has 0 aromatic heterocycles. The maximum Gasteiger partial charge on any atom is 0.338 e. The summed E-state index contributed by atoms with van der Waals surface area (Å²) in [5.74, 6) is -0.976. The van der Waals surface area contributed by atoms with Crippen molar-refractivity contribution in [1.29, 1.82) is 0 Å². The van der Waals surface area contributed by atoms with Gasteiger partial charge in [0.05, 0.1) is 37.0 Å². The SMILES string of the molecule is CCOC(=O)c1ccc(N2C(=O)C[C@H](N3CCC4(CC3)C(=O)NCN4c3ccccc3)C2=O)cc1. The van der Waals surface area contributed by atoms with Gasteiger partial charge in [-0.15, -0.1) is 0 Å². The molecule has 9 heteroatoms. The fraction of sp³-hybridized carbons (Fsp3) is 0.385. The van der Waals surface area contributed by atoms with Gasteiger partial charge >= 0.3 is 5.97 Å². The number of carbonyl (C=O) groups excluding carboxylic acids is 4. The molecule has 2 aromatic rings. The molecule has 182 valence electrons. The number of anilines is 2. The Morgan fingerprint density at radius 1 is 1.00 bits per heavy atom. The van der Waals surface area contributed by atoms with Gasteiger partial charge in [0.1, 0.15) is 5.54 Å². The Labute approximate surface area is 203 Å². The number of nitrogens with one attached hydrogen (secondary N) is 1. The van der Waals surface area contributed by atoms with Crippen molar-refractivity contribution in [3.05, 3.63) is 60.2 Å². The molecular formula is C26H28N4O5. The lowest BCUT2D eigenvalue weighted by Gasteiger charge is -2.44.